The molecule has 0 amide bonds. The molecule has 0 aliphatic carbocycles. The predicted molar refractivity (Wildman–Crippen MR) is 111 cm³/mol. The van der Waals surface area contributed by atoms with Crippen LogP contribution in [0, 0.1) is 0 Å². The minimum atomic E-state index is 0. The first kappa shape index (κ1) is 22.9. The highest BCUT2D eigenvalue weighted by Crippen LogP contribution is 2.20. The number of halogens is 1. The van der Waals surface area contributed by atoms with E-state index in [9.17, 15) is 0 Å². The van der Waals surface area contributed by atoms with Crippen molar-refractivity contribution >= 4 is 29.9 Å². The van der Waals surface area contributed by atoms with Crippen LogP contribution in [0.1, 0.15) is 19.3 Å². The Kier molecular flexibility index (Phi) is 12.0. The molecule has 7 nitrogen and oxygen atoms in total. The molecule has 2 heterocycles. The molecule has 8 heteroatoms. The van der Waals surface area contributed by atoms with Gasteiger partial charge in [0.2, 0.25) is 0 Å². The molecule has 2 fully saturated rings. The number of guanidine groups is 1. The predicted octanol–water partition coefficient (Wildman–Crippen LogP) is 1.03. The van der Waals surface area contributed by atoms with Gasteiger partial charge in [0.1, 0.15) is 6.10 Å². The molecule has 0 bridgehead atoms. The molecule has 0 spiro atoms. The third-order valence-corrected chi connectivity index (χ3v) is 4.66. The quantitative estimate of drug-likeness (QED) is 0.248. The van der Waals surface area contributed by atoms with Crippen LogP contribution in [0.4, 0.5) is 0 Å². The van der Waals surface area contributed by atoms with E-state index in [0.717, 1.165) is 77.8 Å². The fourth-order valence-electron chi connectivity index (χ4n) is 3.23. The van der Waals surface area contributed by atoms with Crippen molar-refractivity contribution in [3.05, 3.63) is 0 Å². The highest BCUT2D eigenvalue weighted by molar-refractivity contribution is 14.0. The number of hydrogen-bond acceptors (Lipinski definition) is 5. The van der Waals surface area contributed by atoms with Gasteiger partial charge in [0.15, 0.2) is 5.96 Å². The molecule has 0 aromatic carbocycles. The van der Waals surface area contributed by atoms with E-state index in [2.05, 4.69) is 27.2 Å². The lowest BCUT2D eigenvalue weighted by atomic mass is 10.1. The first-order valence-electron chi connectivity index (χ1n) is 9.11. The van der Waals surface area contributed by atoms with Gasteiger partial charge in [-0.2, -0.15) is 0 Å². The Morgan fingerprint density at radius 1 is 1.28 bits per heavy atom. The fraction of sp³-hybridized carbons (Fsp3) is 0.941. The molecular formula is C17H35IN4O3. The summed E-state index contributed by atoms with van der Waals surface area (Å²) in [5, 5.41) is 3.48. The Hall–Kier alpha value is -0.160. The molecule has 148 valence electrons. The summed E-state index contributed by atoms with van der Waals surface area (Å²) < 4.78 is 16.8. The van der Waals surface area contributed by atoms with E-state index in [1.54, 1.807) is 7.11 Å². The third-order valence-electron chi connectivity index (χ3n) is 4.66. The average molecular weight is 470 g/mol. The van der Waals surface area contributed by atoms with Crippen LogP contribution < -0.4 is 5.32 Å². The standard InChI is InChI=1S/C17H34N4O3.HI/c1-18-17(19-7-5-8-20(2)9-12-22-3)21-10-13-24-16(14-21)15-6-4-11-23-15;/h15-16H,4-14H2,1-3H3,(H,18,19);1H. The van der Waals surface area contributed by atoms with E-state index in [4.69, 9.17) is 14.2 Å². The third kappa shape index (κ3) is 7.94. The Labute approximate surface area is 169 Å². The van der Waals surface area contributed by atoms with Crippen LogP contribution >= 0.6 is 24.0 Å². The van der Waals surface area contributed by atoms with E-state index in [-0.39, 0.29) is 36.2 Å². The number of hydrogen-bond donors (Lipinski definition) is 1. The normalized spacial score (nSPS) is 24.5. The highest BCUT2D eigenvalue weighted by Gasteiger charge is 2.32. The summed E-state index contributed by atoms with van der Waals surface area (Å²) in [6.45, 7) is 7.08. The van der Waals surface area contributed by atoms with E-state index in [0.29, 0.717) is 0 Å². The van der Waals surface area contributed by atoms with Crippen molar-refractivity contribution in [2.75, 3.05) is 73.7 Å². The lowest BCUT2D eigenvalue weighted by Gasteiger charge is -2.37. The van der Waals surface area contributed by atoms with Crippen molar-refractivity contribution in [3.8, 4) is 0 Å². The van der Waals surface area contributed by atoms with Crippen LogP contribution in [0.2, 0.25) is 0 Å². The summed E-state index contributed by atoms with van der Waals surface area (Å²) in [4.78, 5) is 9.02. The molecular weight excluding hydrogens is 435 g/mol. The zero-order valence-corrected chi connectivity index (χ0v) is 18.2. The second-order valence-electron chi connectivity index (χ2n) is 6.53. The van der Waals surface area contributed by atoms with Gasteiger partial charge in [-0.15, -0.1) is 24.0 Å². The lowest BCUT2D eigenvalue weighted by molar-refractivity contribution is -0.0816. The number of methoxy groups -OCH3 is 1. The first-order chi connectivity index (χ1) is 11.7. The van der Waals surface area contributed by atoms with E-state index < -0.39 is 0 Å². The summed E-state index contributed by atoms with van der Waals surface area (Å²) in [7, 11) is 5.72. The molecule has 2 unspecified atom stereocenters. The summed E-state index contributed by atoms with van der Waals surface area (Å²) in [6.07, 6.45) is 3.76. The Bertz CT molecular complexity index is 381. The van der Waals surface area contributed by atoms with E-state index in [1.165, 1.54) is 0 Å². The van der Waals surface area contributed by atoms with Gasteiger partial charge in [-0.1, -0.05) is 0 Å². The molecule has 25 heavy (non-hydrogen) atoms. The minimum absolute atomic E-state index is 0. The monoisotopic (exact) mass is 470 g/mol. The lowest BCUT2D eigenvalue weighted by Crippen LogP contribution is -2.53. The van der Waals surface area contributed by atoms with Crippen LogP contribution in [0.15, 0.2) is 4.99 Å². The zero-order chi connectivity index (χ0) is 17.2. The number of nitrogens with zero attached hydrogens (tertiary/aromatic N) is 3. The van der Waals surface area contributed by atoms with Gasteiger partial charge in [0.25, 0.3) is 0 Å². The van der Waals surface area contributed by atoms with Crippen LogP contribution in [0.3, 0.4) is 0 Å². The number of rotatable bonds is 8. The maximum atomic E-state index is 5.91. The van der Waals surface area contributed by atoms with Crippen molar-refractivity contribution < 1.29 is 14.2 Å². The first-order valence-corrected chi connectivity index (χ1v) is 9.11. The molecule has 0 radical (unpaired) electrons. The Morgan fingerprint density at radius 2 is 2.08 bits per heavy atom. The van der Waals surface area contributed by atoms with E-state index in [1.807, 2.05) is 7.05 Å². The topological polar surface area (TPSA) is 58.6 Å². The van der Waals surface area contributed by atoms with Gasteiger partial charge < -0.3 is 29.3 Å². The van der Waals surface area contributed by atoms with Crippen molar-refractivity contribution in [1.29, 1.82) is 0 Å². The average Bonchev–Trinajstić information content (AvgIpc) is 3.15. The van der Waals surface area contributed by atoms with Gasteiger partial charge in [-0.3, -0.25) is 4.99 Å². The maximum absolute atomic E-state index is 5.91. The van der Waals surface area contributed by atoms with Crippen LogP contribution in [-0.2, 0) is 14.2 Å². The zero-order valence-electron chi connectivity index (χ0n) is 15.9. The molecule has 2 atom stereocenters. The minimum Gasteiger partial charge on any atom is -0.383 e. The number of aliphatic imine (C=N–C) groups is 1. The van der Waals surface area contributed by atoms with Crippen LogP contribution in [0.5, 0.6) is 0 Å². The van der Waals surface area contributed by atoms with Crippen molar-refractivity contribution in [1.82, 2.24) is 15.1 Å². The number of ether oxygens (including phenoxy) is 3. The molecule has 0 aromatic heterocycles. The van der Waals surface area contributed by atoms with Gasteiger partial charge >= 0.3 is 0 Å². The van der Waals surface area contributed by atoms with Crippen LogP contribution in [0.25, 0.3) is 0 Å². The number of likely N-dealkylation sites (N-methyl/N-ethyl adjacent to an activating group) is 1. The smallest absolute Gasteiger partial charge is 0.193 e. The molecule has 2 rings (SSSR count). The van der Waals surface area contributed by atoms with Crippen molar-refractivity contribution in [2.24, 2.45) is 4.99 Å². The molecule has 0 saturated carbocycles. The largest absolute Gasteiger partial charge is 0.383 e. The second-order valence-corrected chi connectivity index (χ2v) is 6.53. The van der Waals surface area contributed by atoms with Gasteiger partial charge in [-0.05, 0) is 32.9 Å². The SMILES string of the molecule is CN=C(NCCCN(C)CCOC)N1CCOC(C2CCCO2)C1.I. The van der Waals surface area contributed by atoms with Crippen molar-refractivity contribution in [3.63, 3.8) is 0 Å². The maximum Gasteiger partial charge on any atom is 0.193 e. The number of morpholine rings is 1. The molecule has 1 N–H and O–H groups in total. The fourth-order valence-corrected chi connectivity index (χ4v) is 3.23. The highest BCUT2D eigenvalue weighted by atomic mass is 127. The summed E-state index contributed by atoms with van der Waals surface area (Å²) in [6, 6.07) is 0. The molecule has 0 aromatic rings. The number of nitrogens with one attached hydrogen (secondary N) is 1. The molecule has 2 saturated heterocycles. The van der Waals surface area contributed by atoms with Crippen molar-refractivity contribution in [2.45, 2.75) is 31.5 Å². The summed E-state index contributed by atoms with van der Waals surface area (Å²) in [5.41, 5.74) is 0. The Morgan fingerprint density at radius 3 is 2.76 bits per heavy atom. The summed E-state index contributed by atoms with van der Waals surface area (Å²) >= 11 is 0. The van der Waals surface area contributed by atoms with Gasteiger partial charge in [0.05, 0.1) is 19.3 Å². The summed E-state index contributed by atoms with van der Waals surface area (Å²) in [5.74, 6) is 0.973. The van der Waals surface area contributed by atoms with Crippen LogP contribution in [-0.4, -0.2) is 102 Å². The van der Waals surface area contributed by atoms with E-state index >= 15 is 0 Å². The van der Waals surface area contributed by atoms with Gasteiger partial charge in [-0.25, -0.2) is 0 Å². The molecule has 2 aliphatic heterocycles. The second kappa shape index (κ2) is 13.1. The molecule has 2 aliphatic rings. The van der Waals surface area contributed by atoms with Gasteiger partial charge in [0, 0.05) is 46.9 Å². The Balaban J connectivity index is 0.00000312.